The number of nitrogen functional groups attached to an aromatic ring is 1. The normalized spacial score (nSPS) is 11.3. The van der Waals surface area contributed by atoms with Crippen molar-refractivity contribution in [1.29, 1.82) is 0 Å². The zero-order chi connectivity index (χ0) is 15.6. The van der Waals surface area contributed by atoms with Crippen molar-refractivity contribution < 1.29 is 9.47 Å². The first-order chi connectivity index (χ1) is 9.74. The maximum atomic E-state index is 6.06. The summed E-state index contributed by atoms with van der Waals surface area (Å²) in [5, 5.41) is 0.939. The highest BCUT2D eigenvalue weighted by molar-refractivity contribution is 6.35. The van der Waals surface area contributed by atoms with E-state index < -0.39 is 5.60 Å². The summed E-state index contributed by atoms with van der Waals surface area (Å²) in [6.07, 6.45) is 0. The Morgan fingerprint density at radius 2 is 1.81 bits per heavy atom. The number of halogens is 2. The van der Waals surface area contributed by atoms with E-state index in [2.05, 4.69) is 4.98 Å². The Bertz CT molecular complexity index is 655. The van der Waals surface area contributed by atoms with Gasteiger partial charge < -0.3 is 15.2 Å². The van der Waals surface area contributed by atoms with Crippen LogP contribution in [0.2, 0.25) is 10.0 Å². The van der Waals surface area contributed by atoms with Crippen LogP contribution >= 0.6 is 23.2 Å². The number of ether oxygens (including phenoxy) is 2. The number of hydrogen-bond donors (Lipinski definition) is 1. The van der Waals surface area contributed by atoms with E-state index >= 15 is 0 Å². The van der Waals surface area contributed by atoms with Crippen molar-refractivity contribution in [1.82, 2.24) is 4.98 Å². The van der Waals surface area contributed by atoms with Gasteiger partial charge in [-0.15, -0.1) is 0 Å². The lowest BCUT2D eigenvalue weighted by molar-refractivity contribution is 0.124. The van der Waals surface area contributed by atoms with Crippen LogP contribution in [0, 0.1) is 0 Å². The molecular formula is C15H16Cl2N2O2. The zero-order valence-electron chi connectivity index (χ0n) is 12.0. The number of rotatable bonds is 3. The quantitative estimate of drug-likeness (QED) is 0.867. The minimum absolute atomic E-state index is 0.324. The fourth-order valence-electron chi connectivity index (χ4n) is 1.53. The van der Waals surface area contributed by atoms with Gasteiger partial charge in [0.1, 0.15) is 11.4 Å². The molecule has 1 aromatic carbocycles. The van der Waals surface area contributed by atoms with Crippen molar-refractivity contribution >= 4 is 28.9 Å². The monoisotopic (exact) mass is 326 g/mol. The molecule has 1 aromatic heterocycles. The van der Waals surface area contributed by atoms with Crippen molar-refractivity contribution in [3.63, 3.8) is 0 Å². The molecule has 21 heavy (non-hydrogen) atoms. The SMILES string of the molecule is CC(C)(C)Oc1nc(Oc2ccc(Cl)cc2Cl)ccc1N. The molecule has 0 fully saturated rings. The Hall–Kier alpha value is -1.65. The van der Waals surface area contributed by atoms with Gasteiger partial charge in [-0.05, 0) is 45.0 Å². The topological polar surface area (TPSA) is 57.4 Å². The first-order valence-electron chi connectivity index (χ1n) is 6.33. The van der Waals surface area contributed by atoms with E-state index in [9.17, 15) is 0 Å². The highest BCUT2D eigenvalue weighted by atomic mass is 35.5. The summed E-state index contributed by atoms with van der Waals surface area (Å²) in [6, 6.07) is 8.28. The maximum Gasteiger partial charge on any atom is 0.241 e. The highest BCUT2D eigenvalue weighted by Crippen LogP contribution is 2.33. The predicted octanol–water partition coefficient (Wildman–Crippen LogP) is 4.94. The molecule has 0 atom stereocenters. The number of nitrogens with two attached hydrogens (primary N) is 1. The van der Waals surface area contributed by atoms with E-state index in [4.69, 9.17) is 38.4 Å². The maximum absolute atomic E-state index is 6.06. The average molecular weight is 327 g/mol. The molecule has 0 saturated carbocycles. The summed E-state index contributed by atoms with van der Waals surface area (Å²) in [6.45, 7) is 5.74. The van der Waals surface area contributed by atoms with Crippen molar-refractivity contribution in [2.24, 2.45) is 0 Å². The lowest BCUT2D eigenvalue weighted by atomic mass is 10.2. The third-order valence-corrected chi connectivity index (χ3v) is 2.91. The molecule has 112 valence electrons. The number of hydrogen-bond acceptors (Lipinski definition) is 4. The van der Waals surface area contributed by atoms with Crippen LogP contribution < -0.4 is 15.2 Å². The Kier molecular flexibility index (Phi) is 4.49. The van der Waals surface area contributed by atoms with Crippen molar-refractivity contribution in [2.75, 3.05) is 5.73 Å². The lowest BCUT2D eigenvalue weighted by Crippen LogP contribution is -2.24. The smallest absolute Gasteiger partial charge is 0.241 e. The van der Waals surface area contributed by atoms with E-state index in [-0.39, 0.29) is 0 Å². The van der Waals surface area contributed by atoms with E-state index in [1.165, 1.54) is 0 Å². The molecule has 2 N–H and O–H groups in total. The summed E-state index contributed by atoms with van der Waals surface area (Å²) in [5.74, 6) is 1.12. The lowest BCUT2D eigenvalue weighted by Gasteiger charge is -2.21. The van der Waals surface area contributed by atoms with Crippen LogP contribution in [0.15, 0.2) is 30.3 Å². The highest BCUT2D eigenvalue weighted by Gasteiger charge is 2.16. The van der Waals surface area contributed by atoms with E-state index in [1.54, 1.807) is 30.3 Å². The summed E-state index contributed by atoms with van der Waals surface area (Å²) < 4.78 is 11.3. The molecule has 0 bridgehead atoms. The van der Waals surface area contributed by atoms with Crippen LogP contribution in [-0.2, 0) is 0 Å². The number of benzene rings is 1. The average Bonchev–Trinajstić information content (AvgIpc) is 2.35. The zero-order valence-corrected chi connectivity index (χ0v) is 13.5. The molecule has 4 nitrogen and oxygen atoms in total. The minimum Gasteiger partial charge on any atom is -0.470 e. The minimum atomic E-state index is -0.405. The Balaban J connectivity index is 2.26. The van der Waals surface area contributed by atoms with E-state index in [0.29, 0.717) is 33.2 Å². The second kappa shape index (κ2) is 6.00. The molecule has 2 rings (SSSR count). The number of aromatic nitrogens is 1. The molecule has 0 spiro atoms. The Morgan fingerprint density at radius 1 is 1.10 bits per heavy atom. The number of anilines is 1. The molecule has 0 amide bonds. The number of pyridine rings is 1. The summed E-state index contributed by atoms with van der Waals surface area (Å²) >= 11 is 11.9. The number of nitrogens with zero attached hydrogens (tertiary/aromatic N) is 1. The molecule has 6 heteroatoms. The van der Waals surface area contributed by atoms with Crippen molar-refractivity contribution in [3.05, 3.63) is 40.4 Å². The van der Waals surface area contributed by atoms with E-state index in [1.807, 2.05) is 20.8 Å². The fourth-order valence-corrected chi connectivity index (χ4v) is 1.98. The third kappa shape index (κ3) is 4.41. The summed E-state index contributed by atoms with van der Waals surface area (Å²) in [7, 11) is 0. The molecule has 2 aromatic rings. The van der Waals surface area contributed by atoms with Gasteiger partial charge in [-0.3, -0.25) is 0 Å². The van der Waals surface area contributed by atoms with Crippen molar-refractivity contribution in [2.45, 2.75) is 26.4 Å². The van der Waals surface area contributed by atoms with Gasteiger partial charge in [-0.1, -0.05) is 23.2 Å². The molecule has 0 aliphatic carbocycles. The van der Waals surface area contributed by atoms with Crippen LogP contribution in [0.3, 0.4) is 0 Å². The molecule has 0 aliphatic rings. The standard InChI is InChI=1S/C15H16Cl2N2O2/c1-15(2,3)21-14-11(18)5-7-13(19-14)20-12-6-4-9(16)8-10(12)17/h4-8H,18H2,1-3H3. The van der Waals surface area contributed by atoms with Gasteiger partial charge in [0, 0.05) is 11.1 Å². The third-order valence-electron chi connectivity index (χ3n) is 2.38. The van der Waals surface area contributed by atoms with Gasteiger partial charge in [-0.2, -0.15) is 4.98 Å². The van der Waals surface area contributed by atoms with Crippen LogP contribution in [0.25, 0.3) is 0 Å². The van der Waals surface area contributed by atoms with Crippen LogP contribution in [0.4, 0.5) is 5.69 Å². The second-order valence-corrected chi connectivity index (χ2v) is 6.28. The van der Waals surface area contributed by atoms with Crippen molar-refractivity contribution in [3.8, 4) is 17.5 Å². The first-order valence-corrected chi connectivity index (χ1v) is 7.08. The summed E-state index contributed by atoms with van der Waals surface area (Å²) in [4.78, 5) is 4.26. The van der Waals surface area contributed by atoms with Crippen LogP contribution in [0.5, 0.6) is 17.5 Å². The molecule has 0 saturated heterocycles. The Labute approximate surface area is 133 Å². The first kappa shape index (κ1) is 15.7. The Morgan fingerprint density at radius 3 is 2.43 bits per heavy atom. The van der Waals surface area contributed by atoms with Gasteiger partial charge in [0.2, 0.25) is 11.8 Å². The van der Waals surface area contributed by atoms with Gasteiger partial charge in [-0.25, -0.2) is 0 Å². The second-order valence-electron chi connectivity index (χ2n) is 5.44. The molecule has 1 heterocycles. The van der Waals surface area contributed by atoms with Gasteiger partial charge in [0.05, 0.1) is 10.7 Å². The molecule has 0 radical (unpaired) electrons. The molecule has 0 unspecified atom stereocenters. The predicted molar refractivity (Wildman–Crippen MR) is 85.6 cm³/mol. The largest absolute Gasteiger partial charge is 0.470 e. The summed E-state index contributed by atoms with van der Waals surface area (Å²) in [5.41, 5.74) is 5.89. The van der Waals surface area contributed by atoms with Gasteiger partial charge in [0.25, 0.3) is 0 Å². The van der Waals surface area contributed by atoms with Gasteiger partial charge in [0.15, 0.2) is 0 Å². The molecule has 0 aliphatic heterocycles. The van der Waals surface area contributed by atoms with Crippen LogP contribution in [0.1, 0.15) is 20.8 Å². The molecular weight excluding hydrogens is 311 g/mol. The van der Waals surface area contributed by atoms with Crippen LogP contribution in [-0.4, -0.2) is 10.6 Å². The van der Waals surface area contributed by atoms with Gasteiger partial charge >= 0.3 is 0 Å². The van der Waals surface area contributed by atoms with E-state index in [0.717, 1.165) is 0 Å². The fraction of sp³-hybridized carbons (Fsp3) is 0.267.